The fourth-order valence-corrected chi connectivity index (χ4v) is 3.29. The molecule has 0 radical (unpaired) electrons. The van der Waals surface area contributed by atoms with E-state index in [9.17, 15) is 9.90 Å². The van der Waals surface area contributed by atoms with Gasteiger partial charge in [0.2, 0.25) is 0 Å². The summed E-state index contributed by atoms with van der Waals surface area (Å²) in [6, 6.07) is 6.60. The monoisotopic (exact) mass is 373 g/mol. The summed E-state index contributed by atoms with van der Waals surface area (Å²) in [6.07, 6.45) is 0. The van der Waals surface area contributed by atoms with Crippen molar-refractivity contribution in [3.63, 3.8) is 0 Å². The first-order valence-corrected chi connectivity index (χ1v) is 8.77. The quantitative estimate of drug-likeness (QED) is 0.680. The molecule has 3 aromatic rings. The lowest BCUT2D eigenvalue weighted by Crippen LogP contribution is -2.10. The van der Waals surface area contributed by atoms with Gasteiger partial charge in [-0.1, -0.05) is 23.7 Å². The van der Waals surface area contributed by atoms with Gasteiger partial charge in [0.1, 0.15) is 11.3 Å². The highest BCUT2D eigenvalue weighted by molar-refractivity contribution is 6.39. The van der Waals surface area contributed by atoms with Crippen LogP contribution < -0.4 is 0 Å². The van der Waals surface area contributed by atoms with Crippen molar-refractivity contribution in [2.45, 2.75) is 33.7 Å². The first kappa shape index (κ1) is 18.2. The average Bonchev–Trinajstić information content (AvgIpc) is 2.92. The van der Waals surface area contributed by atoms with Gasteiger partial charge in [-0.25, -0.2) is 14.5 Å². The summed E-state index contributed by atoms with van der Waals surface area (Å²) in [6.45, 7) is 7.77. The molecule has 0 saturated carbocycles. The molecule has 136 valence electrons. The highest BCUT2D eigenvalue weighted by atomic mass is 35.5. The average molecular weight is 374 g/mol. The maximum absolute atomic E-state index is 12.6. The van der Waals surface area contributed by atoms with Gasteiger partial charge < -0.3 is 9.84 Å². The van der Waals surface area contributed by atoms with Crippen molar-refractivity contribution >= 4 is 28.6 Å². The lowest BCUT2D eigenvalue weighted by Gasteiger charge is -2.13. The third-order valence-electron chi connectivity index (χ3n) is 4.04. The largest absolute Gasteiger partial charge is 0.508 e. The molecule has 0 bridgehead atoms. The number of phenolic OH excluding ortho intramolecular Hbond substituents is 1. The van der Waals surface area contributed by atoms with Crippen LogP contribution in [-0.2, 0) is 4.74 Å². The zero-order valence-electron chi connectivity index (χ0n) is 15.1. The van der Waals surface area contributed by atoms with E-state index in [0.717, 1.165) is 0 Å². The Kier molecular flexibility index (Phi) is 4.87. The minimum absolute atomic E-state index is 0.0697. The van der Waals surface area contributed by atoms with Crippen molar-refractivity contribution in [1.82, 2.24) is 14.8 Å². The van der Waals surface area contributed by atoms with Crippen molar-refractivity contribution in [3.8, 4) is 17.0 Å². The fraction of sp³-hybridized carbons (Fsp3) is 0.316. The van der Waals surface area contributed by atoms with Crippen LogP contribution in [0.3, 0.4) is 0 Å². The van der Waals surface area contributed by atoms with Gasteiger partial charge >= 0.3 is 5.97 Å². The number of carbonyl (C=O) groups excluding carboxylic acids is 1. The lowest BCUT2D eigenvalue weighted by atomic mass is 10.0. The van der Waals surface area contributed by atoms with E-state index in [4.69, 9.17) is 21.3 Å². The molecule has 0 atom stereocenters. The number of hydrogen-bond donors (Lipinski definition) is 1. The maximum Gasteiger partial charge on any atom is 0.341 e. The molecule has 0 amide bonds. The Labute approximate surface area is 156 Å². The molecule has 1 aromatic carbocycles. The van der Waals surface area contributed by atoms with Crippen molar-refractivity contribution in [2.24, 2.45) is 0 Å². The highest BCUT2D eigenvalue weighted by Gasteiger charge is 2.26. The van der Waals surface area contributed by atoms with E-state index < -0.39 is 5.97 Å². The molecule has 26 heavy (non-hydrogen) atoms. The van der Waals surface area contributed by atoms with Crippen LogP contribution in [0.1, 0.15) is 42.9 Å². The Hall–Kier alpha value is -2.60. The number of nitrogens with zero attached hydrogens (tertiary/aromatic N) is 3. The molecule has 0 aliphatic heterocycles. The Morgan fingerprint density at radius 2 is 2.12 bits per heavy atom. The first-order chi connectivity index (χ1) is 12.3. The van der Waals surface area contributed by atoms with Gasteiger partial charge in [0.15, 0.2) is 5.65 Å². The number of benzene rings is 1. The molecule has 1 N–H and O–H groups in total. The summed E-state index contributed by atoms with van der Waals surface area (Å²) in [4.78, 5) is 17.3. The number of ether oxygens (including phenoxy) is 1. The van der Waals surface area contributed by atoms with Crippen LogP contribution in [0.2, 0.25) is 5.02 Å². The molecule has 2 aromatic heterocycles. The van der Waals surface area contributed by atoms with Gasteiger partial charge in [-0.15, -0.1) is 0 Å². The second kappa shape index (κ2) is 6.96. The van der Waals surface area contributed by atoms with Gasteiger partial charge in [-0.3, -0.25) is 0 Å². The highest BCUT2D eigenvalue weighted by Crippen LogP contribution is 2.37. The normalized spacial score (nSPS) is 11.3. The van der Waals surface area contributed by atoms with Crippen LogP contribution in [-0.4, -0.2) is 32.4 Å². The van der Waals surface area contributed by atoms with Crippen molar-refractivity contribution in [3.05, 3.63) is 40.5 Å². The Bertz CT molecular complexity index is 995. The smallest absolute Gasteiger partial charge is 0.341 e. The predicted molar refractivity (Wildman–Crippen MR) is 101 cm³/mol. The molecule has 0 unspecified atom stereocenters. The van der Waals surface area contributed by atoms with Crippen LogP contribution in [0.15, 0.2) is 24.3 Å². The molecule has 0 saturated heterocycles. The molecule has 3 rings (SSSR count). The third-order valence-corrected chi connectivity index (χ3v) is 4.42. The lowest BCUT2D eigenvalue weighted by molar-refractivity contribution is 0.0527. The second-order valence-electron chi connectivity index (χ2n) is 6.24. The van der Waals surface area contributed by atoms with Gasteiger partial charge in [0.25, 0.3) is 0 Å². The summed E-state index contributed by atoms with van der Waals surface area (Å²) in [7, 11) is 0. The van der Waals surface area contributed by atoms with Crippen LogP contribution in [0, 0.1) is 6.92 Å². The number of halogens is 1. The van der Waals surface area contributed by atoms with Gasteiger partial charge in [0.05, 0.1) is 28.4 Å². The van der Waals surface area contributed by atoms with E-state index in [2.05, 4.69) is 5.10 Å². The third kappa shape index (κ3) is 3.01. The minimum Gasteiger partial charge on any atom is -0.508 e. The molecular weight excluding hydrogens is 354 g/mol. The maximum atomic E-state index is 12.6. The van der Waals surface area contributed by atoms with Crippen LogP contribution in [0.4, 0.5) is 0 Å². The molecule has 0 aliphatic rings. The van der Waals surface area contributed by atoms with E-state index in [1.807, 2.05) is 20.8 Å². The number of phenols is 1. The molecule has 0 fully saturated rings. The van der Waals surface area contributed by atoms with E-state index in [1.165, 1.54) is 6.07 Å². The van der Waals surface area contributed by atoms with Crippen molar-refractivity contribution < 1.29 is 14.6 Å². The van der Waals surface area contributed by atoms with Crippen molar-refractivity contribution in [1.29, 1.82) is 0 Å². The molecular formula is C19H20ClN3O3. The molecule has 0 spiro atoms. The Morgan fingerprint density at radius 1 is 1.38 bits per heavy atom. The summed E-state index contributed by atoms with van der Waals surface area (Å²) in [5.41, 5.74) is 2.40. The molecule has 0 aliphatic carbocycles. The Balaban J connectivity index is 2.41. The fourth-order valence-electron chi connectivity index (χ4n) is 2.90. The molecule has 2 heterocycles. The zero-order chi connectivity index (χ0) is 19.0. The molecule has 6 nitrogen and oxygen atoms in total. The number of carbonyl (C=O) groups is 1. The number of aromatic nitrogens is 3. The van der Waals surface area contributed by atoms with E-state index in [1.54, 1.807) is 29.8 Å². The predicted octanol–water partition coefficient (Wildman–Crippen LogP) is 4.52. The number of aromatic hydroxyl groups is 1. The first-order valence-electron chi connectivity index (χ1n) is 8.40. The number of fused-ring (bicyclic) bond motifs is 1. The van der Waals surface area contributed by atoms with E-state index in [-0.39, 0.29) is 29.0 Å². The number of esters is 1. The number of aryl methyl sites for hydroxylation is 1. The second-order valence-corrected chi connectivity index (χ2v) is 6.62. The van der Waals surface area contributed by atoms with E-state index in [0.29, 0.717) is 28.0 Å². The van der Waals surface area contributed by atoms with E-state index >= 15 is 0 Å². The Morgan fingerprint density at radius 3 is 2.73 bits per heavy atom. The summed E-state index contributed by atoms with van der Waals surface area (Å²) in [5.74, 6) is -0.481. The summed E-state index contributed by atoms with van der Waals surface area (Å²) < 4.78 is 6.97. The zero-order valence-corrected chi connectivity index (χ0v) is 15.8. The number of hydrogen-bond acceptors (Lipinski definition) is 5. The van der Waals surface area contributed by atoms with Gasteiger partial charge in [0, 0.05) is 11.6 Å². The SMILES string of the molecule is CCOC(=O)c1c(-c2cccc(O)c2)nc2c(c(C)nn2C(C)C)c1Cl. The minimum atomic E-state index is -0.554. The summed E-state index contributed by atoms with van der Waals surface area (Å²) in [5, 5.41) is 15.3. The number of rotatable bonds is 4. The van der Waals surface area contributed by atoms with Crippen LogP contribution in [0.25, 0.3) is 22.3 Å². The van der Waals surface area contributed by atoms with Crippen molar-refractivity contribution in [2.75, 3.05) is 6.61 Å². The standard InChI is InChI=1S/C19H20ClN3O3/c1-5-26-19(25)15-16(20)14-11(4)22-23(10(2)3)18(14)21-17(15)12-7-6-8-13(24)9-12/h6-10,24H,5H2,1-4H3. The molecule has 7 heteroatoms. The van der Waals surface area contributed by atoms with Crippen LogP contribution in [0.5, 0.6) is 5.75 Å². The van der Waals surface area contributed by atoms with Crippen LogP contribution >= 0.6 is 11.6 Å². The summed E-state index contributed by atoms with van der Waals surface area (Å²) >= 11 is 6.63. The van der Waals surface area contributed by atoms with Gasteiger partial charge in [-0.2, -0.15) is 5.10 Å². The topological polar surface area (TPSA) is 77.2 Å². The number of pyridine rings is 1. The van der Waals surface area contributed by atoms with Gasteiger partial charge in [-0.05, 0) is 39.8 Å².